The van der Waals surface area contributed by atoms with Crippen LogP contribution in [0.15, 0.2) is 30.3 Å². The monoisotopic (exact) mass is 324 g/mol. The predicted molar refractivity (Wildman–Crippen MR) is 86.7 cm³/mol. The van der Waals surface area contributed by atoms with Crippen LogP contribution in [0.5, 0.6) is 0 Å². The van der Waals surface area contributed by atoms with Crippen molar-refractivity contribution in [2.45, 2.75) is 26.9 Å². The summed E-state index contributed by atoms with van der Waals surface area (Å²) in [6.45, 7) is 6.16. The van der Waals surface area contributed by atoms with Gasteiger partial charge in [0.2, 0.25) is 0 Å². The number of methoxy groups -OCH3 is 1. The zero-order valence-electron chi connectivity index (χ0n) is 12.5. The molecule has 0 aliphatic carbocycles. The minimum Gasteiger partial charge on any atom is -0.373 e. The summed E-state index contributed by atoms with van der Waals surface area (Å²) in [6, 6.07) is 9.62. The van der Waals surface area contributed by atoms with Gasteiger partial charge in [-0.2, -0.15) is 0 Å². The molecule has 1 unspecified atom stereocenters. The van der Waals surface area contributed by atoms with Crippen molar-refractivity contribution < 1.29 is 4.74 Å². The predicted octanol–water partition coefficient (Wildman–Crippen LogP) is 5.18. The lowest BCUT2D eigenvalue weighted by atomic mass is 9.88. The van der Waals surface area contributed by atoms with Crippen molar-refractivity contribution in [2.24, 2.45) is 5.41 Å². The number of ether oxygens (including phenoxy) is 1. The summed E-state index contributed by atoms with van der Waals surface area (Å²) in [5.41, 5.74) is 1.38. The summed E-state index contributed by atoms with van der Waals surface area (Å²) in [7, 11) is 1.63. The van der Waals surface area contributed by atoms with Crippen LogP contribution in [0.1, 0.15) is 32.7 Å². The second kappa shape index (κ2) is 6.30. The molecule has 0 spiro atoms. The third kappa shape index (κ3) is 3.54. The van der Waals surface area contributed by atoms with E-state index < -0.39 is 0 Å². The topological polar surface area (TPSA) is 35.0 Å². The van der Waals surface area contributed by atoms with Crippen molar-refractivity contribution in [3.05, 3.63) is 46.5 Å². The van der Waals surface area contributed by atoms with Gasteiger partial charge in [0.15, 0.2) is 5.82 Å². The quantitative estimate of drug-likeness (QED) is 0.729. The molecule has 1 aromatic carbocycles. The fourth-order valence-corrected chi connectivity index (χ4v) is 2.85. The van der Waals surface area contributed by atoms with Crippen molar-refractivity contribution >= 4 is 23.2 Å². The average molecular weight is 325 g/mol. The van der Waals surface area contributed by atoms with E-state index in [-0.39, 0.29) is 11.5 Å². The van der Waals surface area contributed by atoms with Crippen molar-refractivity contribution in [1.29, 1.82) is 0 Å². The maximum absolute atomic E-state index is 6.33. The van der Waals surface area contributed by atoms with Gasteiger partial charge in [-0.05, 0) is 11.0 Å². The maximum Gasteiger partial charge on any atom is 0.161 e. The third-order valence-corrected chi connectivity index (χ3v) is 3.70. The van der Waals surface area contributed by atoms with Crippen LogP contribution in [0.3, 0.4) is 0 Å². The number of hydrogen-bond donors (Lipinski definition) is 0. The van der Waals surface area contributed by atoms with E-state index >= 15 is 0 Å². The van der Waals surface area contributed by atoms with Gasteiger partial charge in [0.25, 0.3) is 0 Å². The summed E-state index contributed by atoms with van der Waals surface area (Å²) in [5.74, 6) is 0.500. The summed E-state index contributed by atoms with van der Waals surface area (Å²) >= 11 is 12.7. The first-order valence-corrected chi connectivity index (χ1v) is 7.41. The molecule has 0 saturated carbocycles. The molecule has 0 saturated heterocycles. The highest BCUT2D eigenvalue weighted by molar-refractivity contribution is 6.37. The zero-order chi connectivity index (χ0) is 15.6. The Bertz CT molecular complexity index is 601. The Morgan fingerprint density at radius 3 is 1.95 bits per heavy atom. The van der Waals surface area contributed by atoms with Gasteiger partial charge in [0.1, 0.15) is 16.4 Å². The number of hydrogen-bond acceptors (Lipinski definition) is 3. The van der Waals surface area contributed by atoms with Gasteiger partial charge in [-0.25, -0.2) is 9.97 Å². The van der Waals surface area contributed by atoms with Gasteiger partial charge in [0.05, 0.1) is 5.56 Å². The third-order valence-electron chi connectivity index (χ3n) is 3.16. The Hall–Kier alpha value is -1.16. The molecule has 0 N–H and O–H groups in total. The second-order valence-corrected chi connectivity index (χ2v) is 6.60. The van der Waals surface area contributed by atoms with E-state index in [0.29, 0.717) is 21.7 Å². The molecule has 2 aromatic rings. The molecule has 0 amide bonds. The number of nitrogens with zero attached hydrogens (tertiary/aromatic N) is 2. The van der Waals surface area contributed by atoms with Gasteiger partial charge >= 0.3 is 0 Å². The molecule has 21 heavy (non-hydrogen) atoms. The first-order valence-electron chi connectivity index (χ1n) is 6.65. The van der Waals surface area contributed by atoms with E-state index in [9.17, 15) is 0 Å². The van der Waals surface area contributed by atoms with Crippen molar-refractivity contribution in [3.63, 3.8) is 0 Å². The van der Waals surface area contributed by atoms with Crippen LogP contribution < -0.4 is 0 Å². The molecule has 0 radical (unpaired) electrons. The molecule has 1 heterocycles. The minimum absolute atomic E-state index is 0.157. The zero-order valence-corrected chi connectivity index (χ0v) is 14.0. The largest absolute Gasteiger partial charge is 0.373 e. The molecule has 0 aliphatic rings. The first kappa shape index (κ1) is 16.2. The smallest absolute Gasteiger partial charge is 0.161 e. The van der Waals surface area contributed by atoms with Gasteiger partial charge in [0, 0.05) is 7.11 Å². The molecule has 0 fully saturated rings. The van der Waals surface area contributed by atoms with Gasteiger partial charge in [-0.15, -0.1) is 0 Å². The molecular weight excluding hydrogens is 307 g/mol. The highest BCUT2D eigenvalue weighted by Crippen LogP contribution is 2.38. The maximum atomic E-state index is 6.33. The average Bonchev–Trinajstić information content (AvgIpc) is 2.38. The lowest BCUT2D eigenvalue weighted by Gasteiger charge is -2.28. The van der Waals surface area contributed by atoms with Crippen LogP contribution in [-0.2, 0) is 4.74 Å². The Balaban J connectivity index is 2.52. The van der Waals surface area contributed by atoms with Crippen molar-refractivity contribution in [3.8, 4) is 11.1 Å². The normalized spacial score (nSPS) is 13.2. The Labute approximate surface area is 135 Å². The Kier molecular flexibility index (Phi) is 4.87. The van der Waals surface area contributed by atoms with Crippen molar-refractivity contribution in [2.75, 3.05) is 7.11 Å². The molecule has 0 aliphatic heterocycles. The van der Waals surface area contributed by atoms with Crippen molar-refractivity contribution in [1.82, 2.24) is 9.97 Å². The Morgan fingerprint density at radius 2 is 1.52 bits per heavy atom. The molecule has 2 rings (SSSR count). The first-order chi connectivity index (χ1) is 9.84. The van der Waals surface area contributed by atoms with E-state index in [2.05, 4.69) is 30.7 Å². The lowest BCUT2D eigenvalue weighted by molar-refractivity contribution is 0.00870. The number of rotatable bonds is 3. The van der Waals surface area contributed by atoms with E-state index in [0.717, 1.165) is 5.56 Å². The second-order valence-electron chi connectivity index (χ2n) is 5.89. The van der Waals surface area contributed by atoms with E-state index in [1.807, 2.05) is 30.3 Å². The summed E-state index contributed by atoms with van der Waals surface area (Å²) in [4.78, 5) is 8.79. The molecule has 1 aromatic heterocycles. The molecule has 0 bridgehead atoms. The van der Waals surface area contributed by atoms with E-state index in [1.54, 1.807) is 7.11 Å². The molecular formula is C16H18Cl2N2O. The number of aromatic nitrogens is 2. The van der Waals surface area contributed by atoms with Crippen LogP contribution >= 0.6 is 23.2 Å². The van der Waals surface area contributed by atoms with Crippen LogP contribution in [0, 0.1) is 5.41 Å². The van der Waals surface area contributed by atoms with Crippen LogP contribution in [0.4, 0.5) is 0 Å². The fourth-order valence-electron chi connectivity index (χ4n) is 2.23. The molecule has 3 nitrogen and oxygen atoms in total. The van der Waals surface area contributed by atoms with Gasteiger partial charge in [-0.3, -0.25) is 0 Å². The van der Waals surface area contributed by atoms with E-state index in [1.165, 1.54) is 0 Å². The summed E-state index contributed by atoms with van der Waals surface area (Å²) in [6.07, 6.45) is -0.280. The number of halogens is 2. The Morgan fingerprint density at radius 1 is 1.00 bits per heavy atom. The van der Waals surface area contributed by atoms with Gasteiger partial charge in [-0.1, -0.05) is 74.3 Å². The summed E-state index contributed by atoms with van der Waals surface area (Å²) in [5, 5.41) is 0.671. The molecule has 1 atom stereocenters. The highest BCUT2D eigenvalue weighted by atomic mass is 35.5. The van der Waals surface area contributed by atoms with E-state index in [4.69, 9.17) is 27.9 Å². The lowest BCUT2D eigenvalue weighted by Crippen LogP contribution is -2.22. The van der Waals surface area contributed by atoms with Crippen LogP contribution in [0.2, 0.25) is 10.3 Å². The fraction of sp³-hybridized carbons (Fsp3) is 0.375. The summed E-state index contributed by atoms with van der Waals surface area (Å²) < 4.78 is 5.51. The minimum atomic E-state index is -0.280. The SMILES string of the molecule is COC(c1nc(Cl)c(-c2ccccc2)c(Cl)n1)C(C)(C)C. The molecule has 5 heteroatoms. The number of benzene rings is 1. The standard InChI is InChI=1S/C16H18Cl2N2O/c1-16(2,3)12(21-4)15-19-13(17)11(14(18)20-15)10-8-6-5-7-9-10/h5-9,12H,1-4H3. The van der Waals surface area contributed by atoms with Gasteiger partial charge < -0.3 is 4.74 Å². The van der Waals surface area contributed by atoms with Crippen LogP contribution in [0.25, 0.3) is 11.1 Å². The highest BCUT2D eigenvalue weighted by Gasteiger charge is 2.30. The molecule has 112 valence electrons. The van der Waals surface area contributed by atoms with Crippen LogP contribution in [-0.4, -0.2) is 17.1 Å².